The second-order valence-electron chi connectivity index (χ2n) is 4.65. The lowest BCUT2D eigenvalue weighted by Crippen LogP contribution is -2.47. The maximum absolute atomic E-state index is 12.2. The number of amides is 1. The summed E-state index contributed by atoms with van der Waals surface area (Å²) in [5.41, 5.74) is 6.50. The topological polar surface area (TPSA) is 77.2 Å². The molecule has 3 N–H and O–H groups in total. The van der Waals surface area contributed by atoms with Gasteiger partial charge in [0.1, 0.15) is 0 Å². The van der Waals surface area contributed by atoms with E-state index in [1.807, 2.05) is 6.92 Å². The monoisotopic (exact) mass is 273 g/mol. The van der Waals surface area contributed by atoms with Crippen molar-refractivity contribution >= 4 is 5.91 Å². The SMILES string of the molecule is CCOC1CC(NC(=O)c2ccncc2C#CCN)C1. The number of nitrogens with one attached hydrogen (secondary N) is 1. The molecule has 0 unspecified atom stereocenters. The predicted molar refractivity (Wildman–Crippen MR) is 76.1 cm³/mol. The van der Waals surface area contributed by atoms with E-state index in [4.69, 9.17) is 10.5 Å². The maximum atomic E-state index is 12.2. The van der Waals surface area contributed by atoms with Gasteiger partial charge in [-0.25, -0.2) is 0 Å². The number of carbonyl (C=O) groups excluding carboxylic acids is 1. The van der Waals surface area contributed by atoms with Crippen molar-refractivity contribution < 1.29 is 9.53 Å². The number of nitrogens with zero attached hydrogens (tertiary/aromatic N) is 1. The van der Waals surface area contributed by atoms with Crippen molar-refractivity contribution in [2.24, 2.45) is 5.73 Å². The molecule has 5 heteroatoms. The lowest BCUT2D eigenvalue weighted by Gasteiger charge is -2.35. The van der Waals surface area contributed by atoms with Crippen molar-refractivity contribution in [1.82, 2.24) is 10.3 Å². The molecular weight excluding hydrogens is 254 g/mol. The van der Waals surface area contributed by atoms with Gasteiger partial charge in [-0.3, -0.25) is 9.78 Å². The van der Waals surface area contributed by atoms with Crippen LogP contribution in [0.25, 0.3) is 0 Å². The van der Waals surface area contributed by atoms with Gasteiger partial charge in [0.25, 0.3) is 5.91 Å². The van der Waals surface area contributed by atoms with Crippen molar-refractivity contribution in [2.75, 3.05) is 13.2 Å². The van der Waals surface area contributed by atoms with Gasteiger partial charge in [-0.05, 0) is 25.8 Å². The number of nitrogens with two attached hydrogens (primary N) is 1. The van der Waals surface area contributed by atoms with Crippen molar-refractivity contribution in [3.8, 4) is 11.8 Å². The zero-order valence-corrected chi connectivity index (χ0v) is 11.6. The third-order valence-electron chi connectivity index (χ3n) is 3.22. The summed E-state index contributed by atoms with van der Waals surface area (Å²) >= 11 is 0. The number of ether oxygens (including phenoxy) is 1. The number of carbonyl (C=O) groups is 1. The first-order valence-corrected chi connectivity index (χ1v) is 6.80. The summed E-state index contributed by atoms with van der Waals surface area (Å²) in [7, 11) is 0. The molecule has 0 bridgehead atoms. The highest BCUT2D eigenvalue weighted by molar-refractivity contribution is 5.96. The summed E-state index contributed by atoms with van der Waals surface area (Å²) in [6.45, 7) is 2.95. The number of hydrogen-bond acceptors (Lipinski definition) is 4. The van der Waals surface area contributed by atoms with E-state index in [2.05, 4.69) is 22.1 Å². The van der Waals surface area contributed by atoms with Gasteiger partial charge in [0.15, 0.2) is 0 Å². The Hall–Kier alpha value is -1.90. The summed E-state index contributed by atoms with van der Waals surface area (Å²) in [5.74, 6) is 5.49. The quantitative estimate of drug-likeness (QED) is 0.791. The molecule has 0 saturated heterocycles. The molecule has 1 aromatic rings. The van der Waals surface area contributed by atoms with Crippen LogP contribution in [0.15, 0.2) is 18.5 Å². The van der Waals surface area contributed by atoms with Crippen molar-refractivity contribution in [2.45, 2.75) is 31.9 Å². The molecule has 0 radical (unpaired) electrons. The Morgan fingerprint density at radius 2 is 2.40 bits per heavy atom. The number of rotatable bonds is 4. The van der Waals surface area contributed by atoms with Crippen LogP contribution in [0.3, 0.4) is 0 Å². The van der Waals surface area contributed by atoms with E-state index in [0.717, 1.165) is 12.8 Å². The lowest BCUT2D eigenvalue weighted by molar-refractivity contribution is -0.00862. The van der Waals surface area contributed by atoms with E-state index < -0.39 is 0 Å². The second-order valence-corrected chi connectivity index (χ2v) is 4.65. The van der Waals surface area contributed by atoms with Crippen LogP contribution in [0.1, 0.15) is 35.7 Å². The van der Waals surface area contributed by atoms with Crippen molar-refractivity contribution in [3.05, 3.63) is 29.6 Å². The fraction of sp³-hybridized carbons (Fsp3) is 0.467. The molecular formula is C15H19N3O2. The molecule has 1 aliphatic carbocycles. The third kappa shape index (κ3) is 3.56. The molecule has 1 aromatic heterocycles. The van der Waals surface area contributed by atoms with Gasteiger partial charge in [0.2, 0.25) is 0 Å². The van der Waals surface area contributed by atoms with Crippen LogP contribution < -0.4 is 11.1 Å². The number of pyridine rings is 1. The van der Waals surface area contributed by atoms with Crippen LogP contribution in [0.2, 0.25) is 0 Å². The summed E-state index contributed by atoms with van der Waals surface area (Å²) in [6.07, 6.45) is 5.19. The van der Waals surface area contributed by atoms with Gasteiger partial charge in [-0.2, -0.15) is 0 Å². The van der Waals surface area contributed by atoms with E-state index in [-0.39, 0.29) is 24.6 Å². The minimum atomic E-state index is -0.117. The first-order valence-electron chi connectivity index (χ1n) is 6.80. The second kappa shape index (κ2) is 7.04. The van der Waals surface area contributed by atoms with Crippen molar-refractivity contribution in [3.63, 3.8) is 0 Å². The Bertz CT molecular complexity index is 527. The third-order valence-corrected chi connectivity index (χ3v) is 3.22. The van der Waals surface area contributed by atoms with Gasteiger partial charge in [-0.15, -0.1) is 0 Å². The van der Waals surface area contributed by atoms with Crippen LogP contribution in [0.5, 0.6) is 0 Å². The number of hydrogen-bond donors (Lipinski definition) is 2. The molecule has 0 aromatic carbocycles. The summed E-state index contributed by atoms with van der Waals surface area (Å²) in [6, 6.07) is 1.86. The summed E-state index contributed by atoms with van der Waals surface area (Å²) in [4.78, 5) is 16.2. The molecule has 2 rings (SSSR count). The van der Waals surface area contributed by atoms with Crippen LogP contribution in [-0.4, -0.2) is 36.2 Å². The van der Waals surface area contributed by atoms with E-state index in [1.165, 1.54) is 0 Å². The molecule has 106 valence electrons. The molecule has 1 heterocycles. The Morgan fingerprint density at radius 3 is 3.10 bits per heavy atom. The number of aromatic nitrogens is 1. The van der Waals surface area contributed by atoms with Crippen molar-refractivity contribution in [1.29, 1.82) is 0 Å². The molecule has 5 nitrogen and oxygen atoms in total. The van der Waals surface area contributed by atoms with Gasteiger partial charge in [-0.1, -0.05) is 11.8 Å². The Morgan fingerprint density at radius 1 is 1.60 bits per heavy atom. The highest BCUT2D eigenvalue weighted by Gasteiger charge is 2.31. The zero-order valence-electron chi connectivity index (χ0n) is 11.6. The molecule has 1 aliphatic rings. The van der Waals surface area contributed by atoms with E-state index in [0.29, 0.717) is 17.7 Å². The van der Waals surface area contributed by atoms with Gasteiger partial charge < -0.3 is 15.8 Å². The lowest BCUT2D eigenvalue weighted by atomic mass is 9.89. The zero-order chi connectivity index (χ0) is 14.4. The molecule has 0 aliphatic heterocycles. The Balaban J connectivity index is 1.96. The average Bonchev–Trinajstić information content (AvgIpc) is 2.43. The largest absolute Gasteiger partial charge is 0.378 e. The fourth-order valence-corrected chi connectivity index (χ4v) is 2.16. The normalized spacial score (nSPS) is 20.5. The Labute approximate surface area is 118 Å². The average molecular weight is 273 g/mol. The molecule has 20 heavy (non-hydrogen) atoms. The first-order chi connectivity index (χ1) is 9.74. The van der Waals surface area contributed by atoms with Gasteiger partial charge in [0.05, 0.1) is 23.8 Å². The van der Waals surface area contributed by atoms with E-state index in [9.17, 15) is 4.79 Å². The minimum Gasteiger partial charge on any atom is -0.378 e. The highest BCUT2D eigenvalue weighted by atomic mass is 16.5. The van der Waals surface area contributed by atoms with Crippen LogP contribution >= 0.6 is 0 Å². The Kier molecular flexibility index (Phi) is 5.10. The fourth-order valence-electron chi connectivity index (χ4n) is 2.16. The molecule has 1 amide bonds. The molecule has 1 saturated carbocycles. The standard InChI is InChI=1S/C15H19N3O2/c1-2-20-13-8-12(9-13)18-15(19)14-5-7-17-10-11(14)4-3-6-16/h5,7,10,12-13H,2,6,8-9,16H2,1H3,(H,18,19). The molecule has 1 fully saturated rings. The first kappa shape index (κ1) is 14.5. The van der Waals surface area contributed by atoms with Crippen LogP contribution in [0, 0.1) is 11.8 Å². The minimum absolute atomic E-state index is 0.117. The summed E-state index contributed by atoms with van der Waals surface area (Å²) < 4.78 is 5.47. The van der Waals surface area contributed by atoms with Gasteiger partial charge >= 0.3 is 0 Å². The maximum Gasteiger partial charge on any atom is 0.252 e. The highest BCUT2D eigenvalue weighted by Crippen LogP contribution is 2.23. The van der Waals surface area contributed by atoms with Crippen LogP contribution in [0.4, 0.5) is 0 Å². The van der Waals surface area contributed by atoms with Gasteiger partial charge in [0, 0.05) is 25.0 Å². The predicted octanol–water partition coefficient (Wildman–Crippen LogP) is 0.689. The van der Waals surface area contributed by atoms with E-state index >= 15 is 0 Å². The smallest absolute Gasteiger partial charge is 0.252 e. The molecule has 0 spiro atoms. The summed E-state index contributed by atoms with van der Waals surface area (Å²) in [5, 5.41) is 2.99. The van der Waals surface area contributed by atoms with Crippen LogP contribution in [-0.2, 0) is 4.74 Å². The molecule has 0 atom stereocenters. The van der Waals surface area contributed by atoms with E-state index in [1.54, 1.807) is 18.5 Å².